The third kappa shape index (κ3) is 4.87. The number of hydrogen-bond donors (Lipinski definition) is 1. The van der Waals surface area contributed by atoms with Gasteiger partial charge in [-0.05, 0) is 25.3 Å². The molecule has 0 saturated heterocycles. The highest BCUT2D eigenvalue weighted by Crippen LogP contribution is 2.47. The molecule has 2 aliphatic rings. The first kappa shape index (κ1) is 18.1. The Morgan fingerprint density at radius 1 is 0.826 bits per heavy atom. The van der Waals surface area contributed by atoms with Crippen molar-refractivity contribution in [1.29, 1.82) is 5.26 Å². The van der Waals surface area contributed by atoms with Crippen LogP contribution in [-0.4, -0.2) is 0 Å². The van der Waals surface area contributed by atoms with Crippen molar-refractivity contribution in [1.82, 2.24) is 0 Å². The van der Waals surface area contributed by atoms with Crippen LogP contribution in [0.25, 0.3) is 0 Å². The first-order valence-electron chi connectivity index (χ1n) is 9.80. The molecule has 1 fully saturated rings. The van der Waals surface area contributed by atoms with E-state index in [0.717, 1.165) is 29.7 Å². The second-order valence-corrected chi connectivity index (χ2v) is 7.63. The van der Waals surface area contributed by atoms with Crippen LogP contribution >= 0.6 is 0 Å². The van der Waals surface area contributed by atoms with E-state index in [0.29, 0.717) is 0 Å². The highest BCUT2D eigenvalue weighted by atomic mass is 14.6. The van der Waals surface area contributed by atoms with E-state index in [1.54, 1.807) is 0 Å². The summed E-state index contributed by atoms with van der Waals surface area (Å²) in [4.78, 5) is 0. The van der Waals surface area contributed by atoms with Gasteiger partial charge in [0.25, 0.3) is 0 Å². The van der Waals surface area contributed by atoms with E-state index < -0.39 is 0 Å². The summed E-state index contributed by atoms with van der Waals surface area (Å²) < 4.78 is 0. The maximum atomic E-state index is 9.66. The first-order chi connectivity index (χ1) is 11.2. The highest BCUT2D eigenvalue weighted by molar-refractivity contribution is 5.52. The molecule has 2 rings (SSSR count). The van der Waals surface area contributed by atoms with Crippen LogP contribution in [0, 0.1) is 16.7 Å². The maximum Gasteiger partial charge on any atom is 0.0978 e. The molecule has 0 aromatic rings. The van der Waals surface area contributed by atoms with E-state index in [2.05, 4.69) is 19.1 Å². The molecular weight excluding hydrogens is 280 g/mol. The van der Waals surface area contributed by atoms with Crippen molar-refractivity contribution >= 4 is 0 Å². The van der Waals surface area contributed by atoms with Crippen LogP contribution in [0.15, 0.2) is 22.9 Å². The lowest BCUT2D eigenvalue weighted by atomic mass is 9.74. The van der Waals surface area contributed by atoms with Crippen molar-refractivity contribution in [2.24, 2.45) is 11.1 Å². The zero-order valence-corrected chi connectivity index (χ0v) is 15.0. The predicted molar refractivity (Wildman–Crippen MR) is 97.7 cm³/mol. The van der Waals surface area contributed by atoms with E-state index in [1.165, 1.54) is 77.0 Å². The lowest BCUT2D eigenvalue weighted by Gasteiger charge is -2.28. The summed E-state index contributed by atoms with van der Waals surface area (Å²) in [5, 5.41) is 9.66. The van der Waals surface area contributed by atoms with Gasteiger partial charge in [0, 0.05) is 11.1 Å². The average Bonchev–Trinajstić information content (AvgIpc) is 2.77. The molecule has 1 saturated carbocycles. The number of nitriles is 1. The molecule has 0 atom stereocenters. The Balaban J connectivity index is 2.05. The molecule has 0 aromatic heterocycles. The summed E-state index contributed by atoms with van der Waals surface area (Å²) in [6.45, 7) is 2.07. The molecule has 0 aromatic carbocycles. The van der Waals surface area contributed by atoms with Gasteiger partial charge in [0.05, 0.1) is 11.6 Å². The summed E-state index contributed by atoms with van der Waals surface area (Å²) >= 11 is 0. The maximum absolute atomic E-state index is 9.66. The third-order valence-electron chi connectivity index (χ3n) is 5.79. The van der Waals surface area contributed by atoms with Crippen LogP contribution in [0.3, 0.4) is 0 Å². The number of hydrogen-bond acceptors (Lipinski definition) is 2. The molecule has 0 heterocycles. The lowest BCUT2D eigenvalue weighted by Crippen LogP contribution is -2.20. The van der Waals surface area contributed by atoms with Crippen molar-refractivity contribution in [2.45, 2.75) is 96.8 Å². The van der Waals surface area contributed by atoms with Crippen molar-refractivity contribution in [3.05, 3.63) is 22.9 Å². The minimum Gasteiger partial charge on any atom is -0.398 e. The Labute approximate surface area is 142 Å². The molecule has 2 heteroatoms. The van der Waals surface area contributed by atoms with Crippen LogP contribution < -0.4 is 5.73 Å². The van der Waals surface area contributed by atoms with Crippen molar-refractivity contribution in [2.75, 3.05) is 0 Å². The minimum absolute atomic E-state index is 0.0525. The van der Waals surface area contributed by atoms with E-state index in [9.17, 15) is 5.26 Å². The summed E-state index contributed by atoms with van der Waals surface area (Å²) in [5.41, 5.74) is 8.90. The first-order valence-corrected chi connectivity index (χ1v) is 9.80. The Bertz CT molecular complexity index is 463. The SMILES string of the molecule is CC1=CC2(CCCCCCCCCCCCCC2)C(C#N)=C1N. The fraction of sp³-hybridized carbons (Fsp3) is 0.762. The zero-order chi connectivity index (χ0) is 16.5. The quantitative estimate of drug-likeness (QED) is 0.583. The molecule has 2 N–H and O–H groups in total. The summed E-state index contributed by atoms with van der Waals surface area (Å²) in [6, 6.07) is 2.45. The van der Waals surface area contributed by atoms with E-state index >= 15 is 0 Å². The van der Waals surface area contributed by atoms with Crippen LogP contribution in [0.1, 0.15) is 96.8 Å². The molecule has 0 amide bonds. The largest absolute Gasteiger partial charge is 0.398 e. The van der Waals surface area contributed by atoms with Crippen molar-refractivity contribution < 1.29 is 0 Å². The topological polar surface area (TPSA) is 49.8 Å². The molecule has 0 aliphatic heterocycles. The molecule has 128 valence electrons. The number of rotatable bonds is 0. The Kier molecular flexibility index (Phi) is 7.21. The van der Waals surface area contributed by atoms with Gasteiger partial charge in [-0.1, -0.05) is 83.1 Å². The van der Waals surface area contributed by atoms with Gasteiger partial charge in [0.15, 0.2) is 0 Å². The molecular formula is C21H34N2. The van der Waals surface area contributed by atoms with Crippen molar-refractivity contribution in [3.8, 4) is 6.07 Å². The van der Waals surface area contributed by atoms with E-state index in [1.807, 2.05) is 0 Å². The monoisotopic (exact) mass is 314 g/mol. The minimum atomic E-state index is -0.0525. The Morgan fingerprint density at radius 3 is 1.61 bits per heavy atom. The van der Waals surface area contributed by atoms with Gasteiger partial charge >= 0.3 is 0 Å². The molecule has 2 aliphatic carbocycles. The normalized spacial score (nSPS) is 24.6. The molecule has 0 bridgehead atoms. The van der Waals surface area contributed by atoms with Crippen LogP contribution in [0.5, 0.6) is 0 Å². The van der Waals surface area contributed by atoms with Crippen LogP contribution in [0.2, 0.25) is 0 Å². The predicted octanol–water partition coefficient (Wildman–Crippen LogP) is 6.14. The standard InChI is InChI=1S/C21H34N2/c1-18-16-21(19(17-22)20(18)23)14-12-10-8-6-4-2-3-5-7-9-11-13-15-21/h16H,2-15,23H2,1H3. The van der Waals surface area contributed by atoms with Crippen LogP contribution in [0.4, 0.5) is 0 Å². The van der Waals surface area contributed by atoms with Gasteiger partial charge in [0.2, 0.25) is 0 Å². The third-order valence-corrected chi connectivity index (χ3v) is 5.79. The van der Waals surface area contributed by atoms with E-state index in [-0.39, 0.29) is 5.41 Å². The summed E-state index contributed by atoms with van der Waals surface area (Å²) in [7, 11) is 0. The fourth-order valence-corrected chi connectivity index (χ4v) is 4.37. The van der Waals surface area contributed by atoms with Gasteiger partial charge in [-0.2, -0.15) is 5.26 Å². The zero-order valence-electron chi connectivity index (χ0n) is 15.0. The van der Waals surface area contributed by atoms with Gasteiger partial charge in [-0.25, -0.2) is 0 Å². The average molecular weight is 315 g/mol. The molecule has 0 radical (unpaired) electrons. The lowest BCUT2D eigenvalue weighted by molar-refractivity contribution is 0.363. The molecule has 2 nitrogen and oxygen atoms in total. The number of nitrogens with zero attached hydrogens (tertiary/aromatic N) is 1. The smallest absolute Gasteiger partial charge is 0.0978 e. The number of allylic oxidation sites excluding steroid dienone is 3. The van der Waals surface area contributed by atoms with Gasteiger partial charge in [-0.15, -0.1) is 0 Å². The highest BCUT2D eigenvalue weighted by Gasteiger charge is 2.37. The van der Waals surface area contributed by atoms with Gasteiger partial charge < -0.3 is 5.73 Å². The molecule has 23 heavy (non-hydrogen) atoms. The van der Waals surface area contributed by atoms with Gasteiger partial charge in [0.1, 0.15) is 0 Å². The van der Waals surface area contributed by atoms with Crippen LogP contribution in [-0.2, 0) is 0 Å². The second-order valence-electron chi connectivity index (χ2n) is 7.63. The Hall–Kier alpha value is -1.23. The van der Waals surface area contributed by atoms with E-state index in [4.69, 9.17) is 5.73 Å². The summed E-state index contributed by atoms with van der Waals surface area (Å²) in [5.74, 6) is 0. The second kappa shape index (κ2) is 9.16. The Morgan fingerprint density at radius 2 is 1.22 bits per heavy atom. The molecule has 1 spiro atoms. The molecule has 0 unspecified atom stereocenters. The number of nitrogens with two attached hydrogens (primary N) is 1. The fourth-order valence-electron chi connectivity index (χ4n) is 4.37. The summed E-state index contributed by atoms with van der Waals surface area (Å²) in [6.07, 6.45) is 20.7. The van der Waals surface area contributed by atoms with Crippen molar-refractivity contribution in [3.63, 3.8) is 0 Å². The van der Waals surface area contributed by atoms with Gasteiger partial charge in [-0.3, -0.25) is 0 Å².